The van der Waals surface area contributed by atoms with Gasteiger partial charge in [-0.3, -0.25) is 0 Å². The summed E-state index contributed by atoms with van der Waals surface area (Å²) in [5.41, 5.74) is 0.770. The van der Waals surface area contributed by atoms with Gasteiger partial charge in [0.1, 0.15) is 5.82 Å². The third-order valence-corrected chi connectivity index (χ3v) is 5.67. The molecule has 112 valence electrons. The molecule has 4 nitrogen and oxygen atoms in total. The normalized spacial score (nSPS) is 22.8. The van der Waals surface area contributed by atoms with Crippen LogP contribution in [0.15, 0.2) is 24.3 Å². The average molecular weight is 300 g/mol. The highest BCUT2D eigenvalue weighted by atomic mass is 32.2. The second-order valence-corrected chi connectivity index (χ2v) is 7.74. The summed E-state index contributed by atoms with van der Waals surface area (Å²) >= 11 is 0. The summed E-state index contributed by atoms with van der Waals surface area (Å²) in [6, 6.07) is 7.14. The minimum Gasteiger partial charge on any atom is -0.313 e. The maximum absolute atomic E-state index is 13.6. The summed E-state index contributed by atoms with van der Waals surface area (Å²) in [4.78, 5) is 0. The third kappa shape index (κ3) is 3.56. The van der Waals surface area contributed by atoms with E-state index in [0.717, 1.165) is 18.4 Å². The van der Waals surface area contributed by atoms with Gasteiger partial charge in [-0.15, -0.1) is 0 Å². The molecule has 6 heteroatoms. The molecule has 1 aliphatic rings. The van der Waals surface area contributed by atoms with Crippen molar-refractivity contribution in [1.82, 2.24) is 9.62 Å². The van der Waals surface area contributed by atoms with E-state index >= 15 is 0 Å². The first kappa shape index (κ1) is 15.4. The summed E-state index contributed by atoms with van der Waals surface area (Å²) < 4.78 is 38.0. The Morgan fingerprint density at radius 1 is 1.30 bits per heavy atom. The SMILES string of the molecule is CN(C)S(=O)(=O)CCNC1CC(c2ccccc2F)C1. The number of hydrogen-bond acceptors (Lipinski definition) is 3. The predicted octanol–water partition coefficient (Wildman–Crippen LogP) is 1.55. The van der Waals surface area contributed by atoms with Crippen LogP contribution in [0.2, 0.25) is 0 Å². The van der Waals surface area contributed by atoms with Gasteiger partial charge in [-0.05, 0) is 30.4 Å². The first-order valence-electron chi connectivity index (χ1n) is 6.78. The molecule has 1 fully saturated rings. The van der Waals surface area contributed by atoms with Crippen LogP contribution in [0, 0.1) is 5.82 Å². The fourth-order valence-corrected chi connectivity index (χ4v) is 3.16. The van der Waals surface area contributed by atoms with Gasteiger partial charge in [0.25, 0.3) is 0 Å². The molecule has 1 aromatic carbocycles. The van der Waals surface area contributed by atoms with Gasteiger partial charge in [0.05, 0.1) is 5.75 Å². The number of benzene rings is 1. The number of nitrogens with zero attached hydrogens (tertiary/aromatic N) is 1. The van der Waals surface area contributed by atoms with E-state index < -0.39 is 10.0 Å². The van der Waals surface area contributed by atoms with Gasteiger partial charge in [0, 0.05) is 26.7 Å². The zero-order valence-corrected chi connectivity index (χ0v) is 12.7. The molecule has 2 rings (SSSR count). The lowest BCUT2D eigenvalue weighted by atomic mass is 9.75. The molecule has 0 aliphatic heterocycles. The van der Waals surface area contributed by atoms with Crippen molar-refractivity contribution >= 4 is 10.0 Å². The Balaban J connectivity index is 1.74. The molecule has 0 atom stereocenters. The van der Waals surface area contributed by atoms with Crippen LogP contribution in [0.25, 0.3) is 0 Å². The lowest BCUT2D eigenvalue weighted by Crippen LogP contribution is -2.43. The second kappa shape index (κ2) is 6.20. The smallest absolute Gasteiger partial charge is 0.214 e. The molecule has 0 unspecified atom stereocenters. The van der Waals surface area contributed by atoms with E-state index in [9.17, 15) is 12.8 Å². The van der Waals surface area contributed by atoms with Crippen molar-refractivity contribution in [2.45, 2.75) is 24.8 Å². The summed E-state index contributed by atoms with van der Waals surface area (Å²) in [7, 11) is -0.0703. The molecule has 0 amide bonds. The van der Waals surface area contributed by atoms with E-state index in [1.807, 2.05) is 12.1 Å². The van der Waals surface area contributed by atoms with E-state index in [1.165, 1.54) is 24.5 Å². The van der Waals surface area contributed by atoms with Crippen molar-refractivity contribution < 1.29 is 12.8 Å². The lowest BCUT2D eigenvalue weighted by molar-refractivity contribution is 0.290. The summed E-state index contributed by atoms with van der Waals surface area (Å²) in [5, 5.41) is 3.22. The van der Waals surface area contributed by atoms with Crippen molar-refractivity contribution in [3.63, 3.8) is 0 Å². The molecule has 1 saturated carbocycles. The van der Waals surface area contributed by atoms with Gasteiger partial charge in [-0.25, -0.2) is 17.1 Å². The van der Waals surface area contributed by atoms with Crippen molar-refractivity contribution in [2.75, 3.05) is 26.4 Å². The molecular formula is C14H21FN2O2S. The largest absolute Gasteiger partial charge is 0.313 e. The number of halogens is 1. The molecule has 20 heavy (non-hydrogen) atoms. The first-order chi connectivity index (χ1) is 9.40. The zero-order valence-electron chi connectivity index (χ0n) is 11.8. The van der Waals surface area contributed by atoms with Gasteiger partial charge in [-0.1, -0.05) is 18.2 Å². The second-order valence-electron chi connectivity index (χ2n) is 5.44. The van der Waals surface area contributed by atoms with Crippen LogP contribution in [0.5, 0.6) is 0 Å². The highest BCUT2D eigenvalue weighted by molar-refractivity contribution is 7.89. The highest BCUT2D eigenvalue weighted by Crippen LogP contribution is 2.37. The minimum atomic E-state index is -3.14. The van der Waals surface area contributed by atoms with Crippen LogP contribution < -0.4 is 5.32 Å². The van der Waals surface area contributed by atoms with E-state index in [-0.39, 0.29) is 23.5 Å². The van der Waals surface area contributed by atoms with Crippen LogP contribution in [0.1, 0.15) is 24.3 Å². The molecule has 0 heterocycles. The van der Waals surface area contributed by atoms with Crippen molar-refractivity contribution in [3.8, 4) is 0 Å². The Morgan fingerprint density at radius 2 is 1.95 bits per heavy atom. The molecule has 1 N–H and O–H groups in total. The van der Waals surface area contributed by atoms with Crippen molar-refractivity contribution in [1.29, 1.82) is 0 Å². The van der Waals surface area contributed by atoms with Crippen molar-refractivity contribution in [3.05, 3.63) is 35.6 Å². The molecule has 1 aromatic rings. The average Bonchev–Trinajstić information content (AvgIpc) is 2.33. The molecular weight excluding hydrogens is 279 g/mol. The Morgan fingerprint density at radius 3 is 2.55 bits per heavy atom. The Hall–Kier alpha value is -0.980. The maximum atomic E-state index is 13.6. The van der Waals surface area contributed by atoms with E-state index in [4.69, 9.17) is 0 Å². The van der Waals surface area contributed by atoms with Crippen LogP contribution in [-0.4, -0.2) is 45.2 Å². The standard InChI is InChI=1S/C14H21FN2O2S/c1-17(2)20(18,19)8-7-16-12-9-11(10-12)13-5-3-4-6-14(13)15/h3-6,11-12,16H,7-10H2,1-2H3. The number of nitrogens with one attached hydrogen (secondary N) is 1. The number of sulfonamides is 1. The molecule has 0 spiro atoms. The number of hydrogen-bond donors (Lipinski definition) is 1. The van der Waals surface area contributed by atoms with Gasteiger partial charge in [-0.2, -0.15) is 0 Å². The highest BCUT2D eigenvalue weighted by Gasteiger charge is 2.31. The monoisotopic (exact) mass is 300 g/mol. The molecule has 0 aromatic heterocycles. The molecule has 0 saturated heterocycles. The van der Waals surface area contributed by atoms with Gasteiger partial charge in [0.2, 0.25) is 10.0 Å². The Kier molecular flexibility index (Phi) is 4.78. The van der Waals surface area contributed by atoms with E-state index in [1.54, 1.807) is 6.07 Å². The zero-order chi connectivity index (χ0) is 14.8. The fraction of sp³-hybridized carbons (Fsp3) is 0.571. The summed E-state index contributed by atoms with van der Waals surface area (Å²) in [6.07, 6.45) is 1.73. The quantitative estimate of drug-likeness (QED) is 0.867. The van der Waals surface area contributed by atoms with Crippen molar-refractivity contribution in [2.24, 2.45) is 0 Å². The van der Waals surface area contributed by atoms with Crippen LogP contribution in [0.4, 0.5) is 4.39 Å². The van der Waals surface area contributed by atoms with Gasteiger partial charge >= 0.3 is 0 Å². The maximum Gasteiger partial charge on any atom is 0.214 e. The van der Waals surface area contributed by atoms with E-state index in [0.29, 0.717) is 6.54 Å². The van der Waals surface area contributed by atoms with E-state index in [2.05, 4.69) is 5.32 Å². The third-order valence-electron chi connectivity index (χ3n) is 3.83. The van der Waals surface area contributed by atoms with Crippen LogP contribution in [0.3, 0.4) is 0 Å². The van der Waals surface area contributed by atoms with Crippen LogP contribution in [-0.2, 0) is 10.0 Å². The predicted molar refractivity (Wildman–Crippen MR) is 77.6 cm³/mol. The lowest BCUT2D eigenvalue weighted by Gasteiger charge is -2.36. The first-order valence-corrected chi connectivity index (χ1v) is 8.39. The van der Waals surface area contributed by atoms with Gasteiger partial charge < -0.3 is 5.32 Å². The molecule has 0 bridgehead atoms. The Bertz CT molecular complexity index is 554. The summed E-state index contributed by atoms with van der Waals surface area (Å²) in [6.45, 7) is 0.440. The fourth-order valence-electron chi connectivity index (χ4n) is 2.42. The topological polar surface area (TPSA) is 49.4 Å². The summed E-state index contributed by atoms with van der Waals surface area (Å²) in [5.74, 6) is 0.200. The minimum absolute atomic E-state index is 0.0981. The number of rotatable bonds is 6. The molecule has 0 radical (unpaired) electrons. The Labute approximate surface area is 120 Å². The van der Waals surface area contributed by atoms with Gasteiger partial charge in [0.15, 0.2) is 0 Å². The molecule has 1 aliphatic carbocycles. The van der Waals surface area contributed by atoms with Crippen LogP contribution >= 0.6 is 0 Å².